The molecule has 0 N–H and O–H groups in total. The Balaban J connectivity index is 1.49. The van der Waals surface area contributed by atoms with Crippen molar-refractivity contribution in [3.8, 4) is 0 Å². The molecule has 3 aromatic rings. The van der Waals surface area contributed by atoms with Crippen LogP contribution in [0.5, 0.6) is 0 Å². The molecule has 1 saturated heterocycles. The van der Waals surface area contributed by atoms with Crippen LogP contribution >= 0.6 is 0 Å². The first-order valence-electron chi connectivity index (χ1n) is 8.30. The van der Waals surface area contributed by atoms with Gasteiger partial charge in [-0.1, -0.05) is 0 Å². The van der Waals surface area contributed by atoms with Crippen molar-refractivity contribution in [2.75, 3.05) is 55.0 Å². The van der Waals surface area contributed by atoms with E-state index in [4.69, 9.17) is 0 Å². The van der Waals surface area contributed by atoms with Crippen molar-refractivity contribution >= 4 is 23.2 Å². The lowest BCUT2D eigenvalue weighted by molar-refractivity contribution is 0.628. The molecule has 0 saturated carbocycles. The highest BCUT2D eigenvalue weighted by atomic mass is 15.4. The van der Waals surface area contributed by atoms with Gasteiger partial charge in [0.25, 0.3) is 0 Å². The van der Waals surface area contributed by atoms with Crippen LogP contribution in [0, 0.1) is 6.92 Å². The van der Waals surface area contributed by atoms with Gasteiger partial charge in [-0.25, -0.2) is 4.98 Å². The van der Waals surface area contributed by atoms with E-state index in [2.05, 4.69) is 35.1 Å². The Bertz CT molecular complexity index is 880. The summed E-state index contributed by atoms with van der Waals surface area (Å²) in [5.41, 5.74) is 1.74. The summed E-state index contributed by atoms with van der Waals surface area (Å²) in [4.78, 5) is 15.8. The van der Waals surface area contributed by atoms with E-state index >= 15 is 0 Å². The molecule has 0 bridgehead atoms. The fourth-order valence-corrected chi connectivity index (χ4v) is 2.93. The van der Waals surface area contributed by atoms with Gasteiger partial charge in [-0.3, -0.25) is 0 Å². The Morgan fingerprint density at radius 1 is 1.00 bits per heavy atom. The van der Waals surface area contributed by atoms with E-state index < -0.39 is 0 Å². The van der Waals surface area contributed by atoms with Crippen LogP contribution in [0.1, 0.15) is 5.69 Å². The molecule has 4 heterocycles. The van der Waals surface area contributed by atoms with E-state index in [1.165, 1.54) is 0 Å². The Hall–Kier alpha value is -2.97. The van der Waals surface area contributed by atoms with Crippen LogP contribution < -0.4 is 14.7 Å². The molecule has 4 rings (SSSR count). The van der Waals surface area contributed by atoms with Crippen molar-refractivity contribution in [3.05, 3.63) is 30.2 Å². The molecule has 25 heavy (non-hydrogen) atoms. The highest BCUT2D eigenvalue weighted by Crippen LogP contribution is 2.19. The number of aryl methyl sites for hydroxylation is 1. The van der Waals surface area contributed by atoms with Crippen LogP contribution in [0.25, 0.3) is 5.65 Å². The molecule has 1 aliphatic rings. The van der Waals surface area contributed by atoms with E-state index in [0.717, 1.165) is 55.1 Å². The minimum atomic E-state index is 0.756. The molecule has 0 amide bonds. The Morgan fingerprint density at radius 3 is 2.52 bits per heavy atom. The van der Waals surface area contributed by atoms with E-state index in [0.29, 0.717) is 0 Å². The summed E-state index contributed by atoms with van der Waals surface area (Å²) in [6.45, 7) is 5.47. The maximum Gasteiger partial charge on any atom is 0.227 e. The highest BCUT2D eigenvalue weighted by Gasteiger charge is 2.21. The average Bonchev–Trinajstić information content (AvgIpc) is 3.09. The SMILES string of the molecule is Cc1cc(N(C)C)nc(N2CCN(c3ccc4nncn4n3)CC2)n1. The first-order chi connectivity index (χ1) is 12.1. The first-order valence-corrected chi connectivity index (χ1v) is 8.30. The van der Waals surface area contributed by atoms with Gasteiger partial charge in [0.1, 0.15) is 18.0 Å². The van der Waals surface area contributed by atoms with Crippen molar-refractivity contribution in [2.24, 2.45) is 0 Å². The van der Waals surface area contributed by atoms with Gasteiger partial charge in [0.15, 0.2) is 5.65 Å². The molecule has 0 aromatic carbocycles. The minimum absolute atomic E-state index is 0.756. The summed E-state index contributed by atoms with van der Waals surface area (Å²) < 4.78 is 1.70. The van der Waals surface area contributed by atoms with E-state index in [9.17, 15) is 0 Å². The number of aromatic nitrogens is 6. The van der Waals surface area contributed by atoms with Gasteiger partial charge in [-0.15, -0.1) is 15.3 Å². The fraction of sp³-hybridized carbons (Fsp3) is 0.438. The predicted octanol–water partition coefficient (Wildman–Crippen LogP) is 0.615. The zero-order valence-corrected chi connectivity index (χ0v) is 14.7. The highest BCUT2D eigenvalue weighted by molar-refractivity contribution is 5.48. The fourth-order valence-electron chi connectivity index (χ4n) is 2.93. The monoisotopic (exact) mass is 339 g/mol. The molecule has 0 aliphatic carbocycles. The van der Waals surface area contributed by atoms with Gasteiger partial charge in [0.05, 0.1) is 0 Å². The zero-order chi connectivity index (χ0) is 17.4. The molecular weight excluding hydrogens is 318 g/mol. The van der Waals surface area contributed by atoms with Gasteiger partial charge in [0, 0.05) is 52.0 Å². The van der Waals surface area contributed by atoms with Crippen LogP contribution in [0.3, 0.4) is 0 Å². The number of hydrogen-bond donors (Lipinski definition) is 0. The standard InChI is InChI=1S/C16H21N9/c1-12-10-15(22(2)3)19-16(18-12)24-8-6-23(7-9-24)14-5-4-13-20-17-11-25(13)21-14/h4-5,10-11H,6-9H2,1-3H3. The second-order valence-electron chi connectivity index (χ2n) is 6.36. The molecule has 130 valence electrons. The third-order valence-electron chi connectivity index (χ3n) is 4.32. The molecule has 9 heteroatoms. The van der Waals surface area contributed by atoms with Crippen LogP contribution in [-0.4, -0.2) is 70.1 Å². The maximum absolute atomic E-state index is 4.67. The molecule has 3 aromatic heterocycles. The minimum Gasteiger partial charge on any atom is -0.363 e. The lowest BCUT2D eigenvalue weighted by Crippen LogP contribution is -2.47. The smallest absolute Gasteiger partial charge is 0.227 e. The van der Waals surface area contributed by atoms with Crippen molar-refractivity contribution in [1.29, 1.82) is 0 Å². The number of piperazine rings is 1. The molecule has 0 spiro atoms. The summed E-state index contributed by atoms with van der Waals surface area (Å²) >= 11 is 0. The topological polar surface area (TPSA) is 78.6 Å². The predicted molar refractivity (Wildman–Crippen MR) is 96.3 cm³/mol. The normalized spacial score (nSPS) is 15.0. The van der Waals surface area contributed by atoms with Crippen LogP contribution in [-0.2, 0) is 0 Å². The molecule has 1 aliphatic heterocycles. The molecule has 9 nitrogen and oxygen atoms in total. The lowest BCUT2D eigenvalue weighted by atomic mass is 10.3. The molecule has 1 fully saturated rings. The third-order valence-corrected chi connectivity index (χ3v) is 4.32. The quantitative estimate of drug-likeness (QED) is 0.687. The van der Waals surface area contributed by atoms with Gasteiger partial charge in [-0.05, 0) is 19.1 Å². The first kappa shape index (κ1) is 15.6. The van der Waals surface area contributed by atoms with Crippen LogP contribution in [0.2, 0.25) is 0 Å². The maximum atomic E-state index is 4.67. The number of fused-ring (bicyclic) bond motifs is 1. The summed E-state index contributed by atoms with van der Waals surface area (Å²) in [6.07, 6.45) is 1.62. The Morgan fingerprint density at radius 2 is 1.76 bits per heavy atom. The van der Waals surface area contributed by atoms with Gasteiger partial charge >= 0.3 is 0 Å². The van der Waals surface area contributed by atoms with Gasteiger partial charge in [0.2, 0.25) is 5.95 Å². The van der Waals surface area contributed by atoms with Gasteiger partial charge in [-0.2, -0.15) is 9.50 Å². The number of rotatable bonds is 3. The second-order valence-corrected chi connectivity index (χ2v) is 6.36. The Kier molecular flexibility index (Phi) is 3.83. The summed E-state index contributed by atoms with van der Waals surface area (Å²) in [5.74, 6) is 2.67. The van der Waals surface area contributed by atoms with Gasteiger partial charge < -0.3 is 14.7 Å². The van der Waals surface area contributed by atoms with E-state index in [1.54, 1.807) is 10.8 Å². The van der Waals surface area contributed by atoms with Crippen molar-refractivity contribution in [3.63, 3.8) is 0 Å². The molecule has 0 atom stereocenters. The second kappa shape index (κ2) is 6.15. The number of hydrogen-bond acceptors (Lipinski definition) is 8. The summed E-state index contributed by atoms with van der Waals surface area (Å²) in [7, 11) is 3.99. The van der Waals surface area contributed by atoms with E-state index in [-0.39, 0.29) is 0 Å². The molecular formula is C16H21N9. The molecule has 0 radical (unpaired) electrons. The average molecular weight is 339 g/mol. The van der Waals surface area contributed by atoms with Crippen molar-refractivity contribution < 1.29 is 0 Å². The van der Waals surface area contributed by atoms with Crippen molar-refractivity contribution in [2.45, 2.75) is 6.92 Å². The third kappa shape index (κ3) is 3.04. The lowest BCUT2D eigenvalue weighted by Gasteiger charge is -2.35. The van der Waals surface area contributed by atoms with Crippen molar-refractivity contribution in [1.82, 2.24) is 29.8 Å². The number of nitrogens with zero attached hydrogens (tertiary/aromatic N) is 9. The zero-order valence-electron chi connectivity index (χ0n) is 14.7. The van der Waals surface area contributed by atoms with Crippen LogP contribution in [0.15, 0.2) is 24.5 Å². The summed E-state index contributed by atoms with van der Waals surface area (Å²) in [5, 5.41) is 12.4. The number of anilines is 3. The van der Waals surface area contributed by atoms with Crippen LogP contribution in [0.4, 0.5) is 17.6 Å². The molecule has 0 unspecified atom stereocenters. The van der Waals surface area contributed by atoms with E-state index in [1.807, 2.05) is 44.1 Å². The summed E-state index contributed by atoms with van der Waals surface area (Å²) in [6, 6.07) is 5.93. The Labute approximate surface area is 145 Å². The largest absolute Gasteiger partial charge is 0.363 e.